The first kappa shape index (κ1) is 12.7. The van der Waals surface area contributed by atoms with Gasteiger partial charge >= 0.3 is 0 Å². The van der Waals surface area contributed by atoms with Gasteiger partial charge in [0.1, 0.15) is 5.75 Å². The topological polar surface area (TPSA) is 21.3 Å². The molecule has 0 aliphatic carbocycles. The molecule has 5 heteroatoms. The minimum Gasteiger partial charge on any atom is -0.495 e. The second-order valence-corrected chi connectivity index (χ2v) is 5.45. The van der Waals surface area contributed by atoms with Gasteiger partial charge in [-0.1, -0.05) is 11.6 Å². The number of nitrogens with one attached hydrogen (secondary N) is 1. The van der Waals surface area contributed by atoms with E-state index in [1.807, 2.05) is 18.2 Å². The number of ether oxygens (including phenoxy) is 1. The molecule has 17 heavy (non-hydrogen) atoms. The van der Waals surface area contributed by atoms with Crippen LogP contribution in [0.3, 0.4) is 0 Å². The van der Waals surface area contributed by atoms with E-state index in [0.29, 0.717) is 10.8 Å². The Morgan fingerprint density at radius 1 is 1.41 bits per heavy atom. The standard InChI is InChI=1S/C12H11BrClNOS/c1-16-12-3-2-9(4-11(12)14)15-5-8-6-17-7-10(8)13/h2-4,6-7,15H,5H2,1H3. The van der Waals surface area contributed by atoms with Crippen LogP contribution in [-0.2, 0) is 6.54 Å². The lowest BCUT2D eigenvalue weighted by molar-refractivity contribution is 0.415. The van der Waals surface area contributed by atoms with Crippen LogP contribution in [0.1, 0.15) is 5.56 Å². The van der Waals surface area contributed by atoms with E-state index in [-0.39, 0.29) is 0 Å². The van der Waals surface area contributed by atoms with Crippen LogP contribution in [0.5, 0.6) is 5.75 Å². The zero-order valence-corrected chi connectivity index (χ0v) is 12.3. The van der Waals surface area contributed by atoms with E-state index in [2.05, 4.69) is 32.0 Å². The van der Waals surface area contributed by atoms with Crippen molar-refractivity contribution in [1.29, 1.82) is 0 Å². The fraction of sp³-hybridized carbons (Fsp3) is 0.167. The third kappa shape index (κ3) is 3.15. The molecule has 2 aromatic rings. The molecule has 1 heterocycles. The van der Waals surface area contributed by atoms with Gasteiger partial charge in [0.15, 0.2) is 0 Å². The van der Waals surface area contributed by atoms with Gasteiger partial charge in [0.05, 0.1) is 12.1 Å². The Labute approximate surface area is 118 Å². The lowest BCUT2D eigenvalue weighted by Crippen LogP contribution is -1.98. The van der Waals surface area contributed by atoms with Crippen molar-refractivity contribution in [3.8, 4) is 5.75 Å². The van der Waals surface area contributed by atoms with Gasteiger partial charge in [-0.3, -0.25) is 0 Å². The SMILES string of the molecule is COc1ccc(NCc2cscc2Br)cc1Cl. The van der Waals surface area contributed by atoms with Crippen molar-refractivity contribution in [3.05, 3.63) is 44.0 Å². The summed E-state index contributed by atoms with van der Waals surface area (Å²) < 4.78 is 6.24. The van der Waals surface area contributed by atoms with Gasteiger partial charge in [-0.05, 0) is 45.1 Å². The van der Waals surface area contributed by atoms with Crippen LogP contribution < -0.4 is 10.1 Å². The number of thiophene rings is 1. The molecular formula is C12H11BrClNOS. The minimum absolute atomic E-state index is 0.613. The first-order chi connectivity index (χ1) is 8.20. The lowest BCUT2D eigenvalue weighted by atomic mass is 10.2. The van der Waals surface area contributed by atoms with Crippen molar-refractivity contribution in [1.82, 2.24) is 0 Å². The molecule has 0 unspecified atom stereocenters. The third-order valence-electron chi connectivity index (χ3n) is 2.32. The van der Waals surface area contributed by atoms with Crippen LogP contribution in [-0.4, -0.2) is 7.11 Å². The Morgan fingerprint density at radius 2 is 2.24 bits per heavy atom. The number of benzene rings is 1. The van der Waals surface area contributed by atoms with Crippen LogP contribution in [0, 0.1) is 0 Å². The molecule has 0 fully saturated rings. The van der Waals surface area contributed by atoms with Gasteiger partial charge in [-0.15, -0.1) is 0 Å². The quantitative estimate of drug-likeness (QED) is 0.869. The van der Waals surface area contributed by atoms with Crippen molar-refractivity contribution in [2.45, 2.75) is 6.54 Å². The number of rotatable bonds is 4. The molecule has 0 amide bonds. The molecule has 1 aromatic heterocycles. The van der Waals surface area contributed by atoms with E-state index < -0.39 is 0 Å². The molecule has 1 N–H and O–H groups in total. The van der Waals surface area contributed by atoms with Gasteiger partial charge in [-0.25, -0.2) is 0 Å². The summed E-state index contributed by atoms with van der Waals surface area (Å²) >= 11 is 11.2. The fourth-order valence-electron chi connectivity index (χ4n) is 1.41. The van der Waals surface area contributed by atoms with Crippen molar-refractivity contribution in [2.75, 3.05) is 12.4 Å². The maximum atomic E-state index is 6.05. The highest BCUT2D eigenvalue weighted by atomic mass is 79.9. The van der Waals surface area contributed by atoms with Crippen LogP contribution >= 0.6 is 38.9 Å². The minimum atomic E-state index is 0.613. The number of hydrogen-bond donors (Lipinski definition) is 1. The van der Waals surface area contributed by atoms with E-state index in [1.54, 1.807) is 18.4 Å². The van der Waals surface area contributed by atoms with Gasteiger partial charge in [0.25, 0.3) is 0 Å². The van der Waals surface area contributed by atoms with E-state index in [0.717, 1.165) is 16.7 Å². The van der Waals surface area contributed by atoms with Gasteiger partial charge in [-0.2, -0.15) is 11.3 Å². The van der Waals surface area contributed by atoms with Gasteiger partial charge < -0.3 is 10.1 Å². The zero-order valence-electron chi connectivity index (χ0n) is 9.17. The summed E-state index contributed by atoms with van der Waals surface area (Å²) in [6, 6.07) is 5.67. The van der Waals surface area contributed by atoms with Crippen LogP contribution in [0.25, 0.3) is 0 Å². The Hall–Kier alpha value is -0.710. The molecule has 0 aliphatic rings. The van der Waals surface area contributed by atoms with E-state index in [4.69, 9.17) is 16.3 Å². The average Bonchev–Trinajstić information content (AvgIpc) is 2.72. The predicted molar refractivity (Wildman–Crippen MR) is 77.3 cm³/mol. The molecule has 0 radical (unpaired) electrons. The lowest BCUT2D eigenvalue weighted by Gasteiger charge is -2.08. The summed E-state index contributed by atoms with van der Waals surface area (Å²) in [5.41, 5.74) is 2.22. The molecular weight excluding hydrogens is 322 g/mol. The summed E-state index contributed by atoms with van der Waals surface area (Å²) in [6.45, 7) is 0.771. The monoisotopic (exact) mass is 331 g/mol. The Morgan fingerprint density at radius 3 is 2.82 bits per heavy atom. The Bertz CT molecular complexity index is 515. The summed E-state index contributed by atoms with van der Waals surface area (Å²) in [5.74, 6) is 0.689. The molecule has 0 saturated heterocycles. The van der Waals surface area contributed by atoms with E-state index in [1.165, 1.54) is 5.56 Å². The van der Waals surface area contributed by atoms with E-state index in [9.17, 15) is 0 Å². The van der Waals surface area contributed by atoms with Crippen molar-refractivity contribution >= 4 is 44.6 Å². The normalized spacial score (nSPS) is 10.3. The van der Waals surface area contributed by atoms with Crippen molar-refractivity contribution in [2.24, 2.45) is 0 Å². The smallest absolute Gasteiger partial charge is 0.137 e. The molecule has 0 saturated carbocycles. The predicted octanol–water partition coefficient (Wildman–Crippen LogP) is 4.78. The molecule has 90 valence electrons. The number of halogens is 2. The number of methoxy groups -OCH3 is 1. The van der Waals surface area contributed by atoms with Crippen LogP contribution in [0.4, 0.5) is 5.69 Å². The Balaban J connectivity index is 2.05. The summed E-state index contributed by atoms with van der Waals surface area (Å²) in [7, 11) is 1.61. The van der Waals surface area contributed by atoms with Crippen LogP contribution in [0.15, 0.2) is 33.4 Å². The second kappa shape index (κ2) is 5.76. The second-order valence-electron chi connectivity index (χ2n) is 3.45. The maximum Gasteiger partial charge on any atom is 0.137 e. The average molecular weight is 333 g/mol. The fourth-order valence-corrected chi connectivity index (χ4v) is 3.11. The largest absolute Gasteiger partial charge is 0.495 e. The van der Waals surface area contributed by atoms with Gasteiger partial charge in [0.2, 0.25) is 0 Å². The first-order valence-electron chi connectivity index (χ1n) is 4.98. The van der Waals surface area contributed by atoms with E-state index >= 15 is 0 Å². The first-order valence-corrected chi connectivity index (χ1v) is 7.10. The van der Waals surface area contributed by atoms with Crippen LogP contribution in [0.2, 0.25) is 5.02 Å². The number of hydrogen-bond acceptors (Lipinski definition) is 3. The maximum absolute atomic E-state index is 6.05. The summed E-state index contributed by atoms with van der Waals surface area (Å²) in [6.07, 6.45) is 0. The highest BCUT2D eigenvalue weighted by Crippen LogP contribution is 2.28. The molecule has 0 bridgehead atoms. The Kier molecular flexibility index (Phi) is 4.31. The zero-order chi connectivity index (χ0) is 12.3. The molecule has 2 nitrogen and oxygen atoms in total. The highest BCUT2D eigenvalue weighted by Gasteiger charge is 2.03. The molecule has 0 atom stereocenters. The molecule has 1 aromatic carbocycles. The molecule has 0 aliphatic heterocycles. The van der Waals surface area contributed by atoms with Crippen molar-refractivity contribution < 1.29 is 4.74 Å². The summed E-state index contributed by atoms with van der Waals surface area (Å²) in [5, 5.41) is 8.11. The highest BCUT2D eigenvalue weighted by molar-refractivity contribution is 9.10. The molecule has 0 spiro atoms. The van der Waals surface area contributed by atoms with Crippen molar-refractivity contribution in [3.63, 3.8) is 0 Å². The molecule has 2 rings (SSSR count). The number of anilines is 1. The summed E-state index contributed by atoms with van der Waals surface area (Å²) in [4.78, 5) is 0. The van der Waals surface area contributed by atoms with Gasteiger partial charge in [0, 0.05) is 22.1 Å². The third-order valence-corrected chi connectivity index (χ3v) is 4.45.